The molecule has 8 heteroatoms. The largest absolute Gasteiger partial charge is 0.480 e. The molecule has 130 valence electrons. The minimum atomic E-state index is -1.18. The van der Waals surface area contributed by atoms with Crippen molar-refractivity contribution >= 4 is 35.1 Å². The molecular weight excluding hydrogens is 346 g/mol. The van der Waals surface area contributed by atoms with Crippen LogP contribution in [0.4, 0.5) is 5.69 Å². The number of rotatable bonds is 6. The highest BCUT2D eigenvalue weighted by Crippen LogP contribution is 2.15. The molecule has 7 nitrogen and oxygen atoms in total. The molecule has 1 aromatic carbocycles. The van der Waals surface area contributed by atoms with Crippen molar-refractivity contribution < 1.29 is 19.5 Å². The molecule has 2 aromatic rings. The first kappa shape index (κ1) is 18.4. The standard InChI is InChI=1S/C17H16ClN3O4/c1-10(22)20-13-5-3-2-4-12(13)16(23)21-14(17(24)25)8-11-6-7-15(18)19-9-11/h2-7,9,14H,8H2,1H3,(H,20,22)(H,21,23)(H,24,25)/t14-/m1/s1. The topological polar surface area (TPSA) is 108 Å². The van der Waals surface area contributed by atoms with Crippen LogP contribution >= 0.6 is 11.6 Å². The van der Waals surface area contributed by atoms with Gasteiger partial charge in [-0.2, -0.15) is 0 Å². The van der Waals surface area contributed by atoms with E-state index in [0.29, 0.717) is 16.4 Å². The van der Waals surface area contributed by atoms with E-state index in [1.807, 2.05) is 0 Å². The Bertz CT molecular complexity index is 793. The molecule has 0 bridgehead atoms. The quantitative estimate of drug-likeness (QED) is 0.683. The van der Waals surface area contributed by atoms with Gasteiger partial charge in [0.15, 0.2) is 0 Å². The lowest BCUT2D eigenvalue weighted by atomic mass is 10.1. The van der Waals surface area contributed by atoms with E-state index < -0.39 is 17.9 Å². The summed E-state index contributed by atoms with van der Waals surface area (Å²) in [5.74, 6) is -2.11. The summed E-state index contributed by atoms with van der Waals surface area (Å²) in [4.78, 5) is 39.0. The number of carboxylic acids is 1. The Hall–Kier alpha value is -2.93. The molecule has 0 radical (unpaired) electrons. The van der Waals surface area contributed by atoms with Gasteiger partial charge in [0.25, 0.3) is 5.91 Å². The van der Waals surface area contributed by atoms with E-state index in [0.717, 1.165) is 0 Å². The fourth-order valence-corrected chi connectivity index (χ4v) is 2.29. The number of carbonyl (C=O) groups excluding carboxylic acids is 2. The number of pyridine rings is 1. The Morgan fingerprint density at radius 3 is 2.52 bits per heavy atom. The molecule has 1 aromatic heterocycles. The smallest absolute Gasteiger partial charge is 0.326 e. The van der Waals surface area contributed by atoms with E-state index >= 15 is 0 Å². The van der Waals surface area contributed by atoms with Crippen molar-refractivity contribution in [3.8, 4) is 0 Å². The Morgan fingerprint density at radius 1 is 1.20 bits per heavy atom. The summed E-state index contributed by atoms with van der Waals surface area (Å²) in [5.41, 5.74) is 1.11. The first-order chi connectivity index (χ1) is 11.9. The normalized spacial score (nSPS) is 11.4. The lowest BCUT2D eigenvalue weighted by Crippen LogP contribution is -2.42. The van der Waals surface area contributed by atoms with Crippen molar-refractivity contribution in [2.75, 3.05) is 5.32 Å². The summed E-state index contributed by atoms with van der Waals surface area (Å²) < 4.78 is 0. The van der Waals surface area contributed by atoms with E-state index in [9.17, 15) is 19.5 Å². The number of nitrogens with zero attached hydrogens (tertiary/aromatic N) is 1. The Labute approximate surface area is 149 Å². The fraction of sp³-hybridized carbons (Fsp3) is 0.176. The van der Waals surface area contributed by atoms with Crippen molar-refractivity contribution in [3.63, 3.8) is 0 Å². The third-order valence-electron chi connectivity index (χ3n) is 3.31. The number of carboxylic acid groups (broad SMARTS) is 1. The Morgan fingerprint density at radius 2 is 1.92 bits per heavy atom. The van der Waals surface area contributed by atoms with Crippen LogP contribution in [-0.2, 0) is 16.0 Å². The first-order valence-electron chi connectivity index (χ1n) is 7.37. The summed E-state index contributed by atoms with van der Waals surface area (Å²) in [6, 6.07) is 8.39. The molecule has 0 aliphatic carbocycles. The summed E-state index contributed by atoms with van der Waals surface area (Å²) in [6.45, 7) is 1.32. The predicted molar refractivity (Wildman–Crippen MR) is 92.6 cm³/mol. The number of halogens is 1. The summed E-state index contributed by atoms with van der Waals surface area (Å²) >= 11 is 5.70. The van der Waals surface area contributed by atoms with Gasteiger partial charge in [-0.15, -0.1) is 0 Å². The number of nitrogens with one attached hydrogen (secondary N) is 2. The Kier molecular flexibility index (Phi) is 6.08. The molecule has 1 atom stereocenters. The average Bonchev–Trinajstić information content (AvgIpc) is 2.56. The first-order valence-corrected chi connectivity index (χ1v) is 7.75. The van der Waals surface area contributed by atoms with Crippen molar-refractivity contribution in [3.05, 3.63) is 58.9 Å². The molecule has 0 unspecified atom stereocenters. The van der Waals surface area contributed by atoms with Gasteiger partial charge in [0.05, 0.1) is 11.3 Å². The Balaban J connectivity index is 2.17. The van der Waals surface area contributed by atoms with Gasteiger partial charge < -0.3 is 15.7 Å². The highest BCUT2D eigenvalue weighted by atomic mass is 35.5. The van der Waals surface area contributed by atoms with Crippen LogP contribution in [-0.4, -0.2) is 33.9 Å². The molecule has 0 spiro atoms. The van der Waals surface area contributed by atoms with Gasteiger partial charge in [-0.25, -0.2) is 9.78 Å². The van der Waals surface area contributed by atoms with Gasteiger partial charge >= 0.3 is 5.97 Å². The van der Waals surface area contributed by atoms with Crippen molar-refractivity contribution in [2.24, 2.45) is 0 Å². The zero-order valence-corrected chi connectivity index (χ0v) is 14.1. The number of carbonyl (C=O) groups is 3. The number of benzene rings is 1. The van der Waals surface area contributed by atoms with Crippen LogP contribution in [0.15, 0.2) is 42.6 Å². The van der Waals surface area contributed by atoms with E-state index in [4.69, 9.17) is 11.6 Å². The van der Waals surface area contributed by atoms with Gasteiger partial charge in [-0.1, -0.05) is 29.8 Å². The maximum Gasteiger partial charge on any atom is 0.326 e. The van der Waals surface area contributed by atoms with E-state index in [1.165, 1.54) is 19.2 Å². The minimum absolute atomic E-state index is 0.0492. The van der Waals surface area contributed by atoms with E-state index in [1.54, 1.807) is 30.3 Å². The zero-order chi connectivity index (χ0) is 18.4. The average molecular weight is 362 g/mol. The number of anilines is 1. The van der Waals surface area contributed by atoms with Crippen LogP contribution in [0.3, 0.4) is 0 Å². The highest BCUT2D eigenvalue weighted by molar-refractivity contribution is 6.29. The SMILES string of the molecule is CC(=O)Nc1ccccc1C(=O)N[C@H](Cc1ccc(Cl)nc1)C(=O)O. The lowest BCUT2D eigenvalue weighted by Gasteiger charge is -2.16. The fourth-order valence-electron chi connectivity index (χ4n) is 2.18. The third-order valence-corrected chi connectivity index (χ3v) is 3.54. The number of aromatic nitrogens is 1. The maximum absolute atomic E-state index is 12.4. The molecule has 1 heterocycles. The second kappa shape index (κ2) is 8.25. The van der Waals surface area contributed by atoms with E-state index in [2.05, 4.69) is 15.6 Å². The number of amides is 2. The van der Waals surface area contributed by atoms with Crippen molar-refractivity contribution in [2.45, 2.75) is 19.4 Å². The molecule has 0 aliphatic rings. The van der Waals surface area contributed by atoms with E-state index in [-0.39, 0.29) is 17.9 Å². The zero-order valence-electron chi connectivity index (χ0n) is 13.3. The molecule has 2 amide bonds. The molecule has 0 saturated heterocycles. The van der Waals surface area contributed by atoms with Gasteiger partial charge in [-0.3, -0.25) is 9.59 Å². The van der Waals surface area contributed by atoms with Crippen LogP contribution in [0.5, 0.6) is 0 Å². The number of hydrogen-bond acceptors (Lipinski definition) is 4. The van der Waals surface area contributed by atoms with Crippen LogP contribution in [0, 0.1) is 0 Å². The minimum Gasteiger partial charge on any atom is -0.480 e. The van der Waals surface area contributed by atoms with Crippen molar-refractivity contribution in [1.29, 1.82) is 0 Å². The number of aliphatic carboxylic acids is 1. The lowest BCUT2D eigenvalue weighted by molar-refractivity contribution is -0.139. The molecular formula is C17H16ClN3O4. The van der Waals surface area contributed by atoms with Crippen LogP contribution in [0.1, 0.15) is 22.8 Å². The molecule has 3 N–H and O–H groups in total. The summed E-state index contributed by atoms with van der Waals surface area (Å²) in [7, 11) is 0. The molecule has 0 aliphatic heterocycles. The number of para-hydroxylation sites is 1. The van der Waals surface area contributed by atoms with Gasteiger partial charge in [0.2, 0.25) is 5.91 Å². The molecule has 25 heavy (non-hydrogen) atoms. The maximum atomic E-state index is 12.4. The van der Waals surface area contributed by atoms with Crippen LogP contribution < -0.4 is 10.6 Å². The number of hydrogen-bond donors (Lipinski definition) is 3. The van der Waals surface area contributed by atoms with Gasteiger partial charge in [0.1, 0.15) is 11.2 Å². The highest BCUT2D eigenvalue weighted by Gasteiger charge is 2.22. The summed E-state index contributed by atoms with van der Waals surface area (Å²) in [5, 5.41) is 14.7. The molecule has 0 saturated carbocycles. The van der Waals surface area contributed by atoms with Gasteiger partial charge in [-0.05, 0) is 23.8 Å². The summed E-state index contributed by atoms with van der Waals surface area (Å²) in [6.07, 6.45) is 1.50. The molecule has 2 rings (SSSR count). The molecule has 0 fully saturated rings. The van der Waals surface area contributed by atoms with Gasteiger partial charge in [0, 0.05) is 19.5 Å². The second-order valence-electron chi connectivity index (χ2n) is 5.28. The second-order valence-corrected chi connectivity index (χ2v) is 5.67. The van der Waals surface area contributed by atoms with Crippen molar-refractivity contribution in [1.82, 2.24) is 10.3 Å². The third kappa shape index (κ3) is 5.29. The predicted octanol–water partition coefficient (Wildman–Crippen LogP) is 2.12. The van der Waals surface area contributed by atoms with Crippen LogP contribution in [0.25, 0.3) is 0 Å². The van der Waals surface area contributed by atoms with Crippen LogP contribution in [0.2, 0.25) is 5.15 Å². The monoisotopic (exact) mass is 361 g/mol.